The third kappa shape index (κ3) is 1.53. The van der Waals surface area contributed by atoms with E-state index in [0.29, 0.717) is 14.5 Å². The van der Waals surface area contributed by atoms with E-state index in [1.165, 1.54) is 30.7 Å². The molecule has 78 valence electrons. The van der Waals surface area contributed by atoms with Gasteiger partial charge in [0, 0.05) is 11.4 Å². The number of carbonyl (C=O) groups excluding carboxylic acids is 1. The number of nitrogens with zero attached hydrogens (tertiary/aromatic N) is 1. The Hall–Kier alpha value is -1.33. The number of halogens is 1. The number of hydrogen-bond donors (Lipinski definition) is 0. The van der Waals surface area contributed by atoms with Crippen molar-refractivity contribution in [2.75, 3.05) is 7.11 Å². The summed E-state index contributed by atoms with van der Waals surface area (Å²) in [6.45, 7) is 0. The highest BCUT2D eigenvalue weighted by atomic mass is 35.5. The van der Waals surface area contributed by atoms with Crippen molar-refractivity contribution in [1.29, 1.82) is 0 Å². The van der Waals surface area contributed by atoms with Gasteiger partial charge in [-0.05, 0) is 0 Å². The minimum Gasteiger partial charge on any atom is -0.618 e. The lowest BCUT2D eigenvalue weighted by molar-refractivity contribution is -0.576. The van der Waals surface area contributed by atoms with Gasteiger partial charge in [-0.1, -0.05) is 11.6 Å². The smallest absolute Gasteiger partial charge is 0.345 e. The van der Waals surface area contributed by atoms with E-state index in [2.05, 4.69) is 4.74 Å². The Morgan fingerprint density at radius 1 is 1.67 bits per heavy atom. The molecule has 0 amide bonds. The second-order valence-corrected chi connectivity index (χ2v) is 4.10. The molecule has 2 aromatic rings. The Morgan fingerprint density at radius 3 is 3.07 bits per heavy atom. The molecule has 0 N–H and O–H groups in total. The lowest BCUT2D eigenvalue weighted by atomic mass is 10.3. The van der Waals surface area contributed by atoms with Gasteiger partial charge in [-0.2, -0.15) is 4.73 Å². The number of aromatic nitrogens is 1. The van der Waals surface area contributed by atoms with Crippen molar-refractivity contribution >= 4 is 39.1 Å². The number of pyridine rings is 1. The van der Waals surface area contributed by atoms with E-state index in [4.69, 9.17) is 11.6 Å². The van der Waals surface area contributed by atoms with Crippen molar-refractivity contribution in [3.63, 3.8) is 0 Å². The first-order valence-electron chi connectivity index (χ1n) is 4.02. The molecule has 0 saturated heterocycles. The Bertz CT molecular complexity index is 537. The first-order valence-corrected chi connectivity index (χ1v) is 5.28. The van der Waals surface area contributed by atoms with Gasteiger partial charge in [0.05, 0.1) is 12.1 Å². The molecule has 2 rings (SSSR count). The predicted molar refractivity (Wildman–Crippen MR) is 57.1 cm³/mol. The number of hydrogen-bond acceptors (Lipinski definition) is 4. The molecule has 0 spiro atoms. The molecule has 2 heterocycles. The molecule has 0 radical (unpaired) electrons. The molecule has 15 heavy (non-hydrogen) atoms. The average Bonchev–Trinajstić information content (AvgIpc) is 2.68. The topological polar surface area (TPSA) is 53.2 Å². The molecule has 6 heteroatoms. The van der Waals surface area contributed by atoms with Gasteiger partial charge in [0.15, 0.2) is 6.20 Å². The fourth-order valence-corrected chi connectivity index (χ4v) is 2.49. The molecule has 0 fully saturated rings. The van der Waals surface area contributed by atoms with E-state index >= 15 is 0 Å². The Balaban J connectivity index is 2.79. The van der Waals surface area contributed by atoms with E-state index < -0.39 is 5.97 Å². The van der Waals surface area contributed by atoms with Crippen LogP contribution in [0.5, 0.6) is 0 Å². The van der Waals surface area contributed by atoms with Crippen LogP contribution >= 0.6 is 22.9 Å². The van der Waals surface area contributed by atoms with Crippen LogP contribution in [-0.2, 0) is 4.74 Å². The molecule has 0 aliphatic rings. The molecule has 4 nitrogen and oxygen atoms in total. The second kappa shape index (κ2) is 3.67. The molecule has 0 aromatic carbocycles. The Morgan fingerprint density at radius 2 is 2.40 bits per heavy atom. The number of thiophene rings is 1. The van der Waals surface area contributed by atoms with Crippen LogP contribution in [0.4, 0.5) is 0 Å². The molecular weight excluding hydrogens is 238 g/mol. The second-order valence-electron chi connectivity index (χ2n) is 2.81. The summed E-state index contributed by atoms with van der Waals surface area (Å²) in [4.78, 5) is 11.3. The summed E-state index contributed by atoms with van der Waals surface area (Å²) in [7, 11) is 1.27. The number of rotatable bonds is 1. The lowest BCUT2D eigenvalue weighted by Crippen LogP contribution is -2.27. The van der Waals surface area contributed by atoms with E-state index in [0.717, 1.165) is 0 Å². The van der Waals surface area contributed by atoms with Crippen molar-refractivity contribution in [2.45, 2.75) is 0 Å². The molecule has 0 unspecified atom stereocenters. The van der Waals surface area contributed by atoms with Gasteiger partial charge < -0.3 is 9.94 Å². The van der Waals surface area contributed by atoms with Crippen molar-refractivity contribution in [3.8, 4) is 0 Å². The summed E-state index contributed by atoms with van der Waals surface area (Å²) in [5, 5.41) is 13.5. The maximum absolute atomic E-state index is 11.5. The zero-order valence-electron chi connectivity index (χ0n) is 7.69. The van der Waals surface area contributed by atoms with E-state index in [1.807, 2.05) is 0 Å². The van der Waals surface area contributed by atoms with E-state index in [9.17, 15) is 10.0 Å². The minimum absolute atomic E-state index is 0.245. The molecule has 2 aromatic heterocycles. The van der Waals surface area contributed by atoms with Crippen LogP contribution in [0.2, 0.25) is 5.02 Å². The number of esters is 1. The lowest BCUT2D eigenvalue weighted by Gasteiger charge is -2.00. The molecule has 0 aliphatic carbocycles. The van der Waals surface area contributed by atoms with E-state index in [-0.39, 0.29) is 11.1 Å². The quantitative estimate of drug-likeness (QED) is 0.437. The average molecular weight is 244 g/mol. The van der Waals surface area contributed by atoms with Gasteiger partial charge in [-0.25, -0.2) is 4.79 Å². The number of fused-ring (bicyclic) bond motifs is 1. The first-order chi connectivity index (χ1) is 7.15. The number of ether oxygens (including phenoxy) is 1. The van der Waals surface area contributed by atoms with Crippen LogP contribution < -0.4 is 4.73 Å². The predicted octanol–water partition coefficient (Wildman–Crippen LogP) is 1.97. The first kappa shape index (κ1) is 10.2. The van der Waals surface area contributed by atoms with E-state index in [1.54, 1.807) is 5.38 Å². The monoisotopic (exact) mass is 243 g/mol. The molecule has 0 atom stereocenters. The number of carbonyl (C=O) groups is 1. The van der Waals surface area contributed by atoms with Crippen molar-refractivity contribution < 1.29 is 14.3 Å². The zero-order chi connectivity index (χ0) is 11.0. The van der Waals surface area contributed by atoms with Gasteiger partial charge in [0.1, 0.15) is 10.3 Å². The third-order valence-electron chi connectivity index (χ3n) is 1.96. The minimum atomic E-state index is -0.534. The summed E-state index contributed by atoms with van der Waals surface area (Å²) in [5.74, 6) is -0.534. The van der Waals surface area contributed by atoms with Gasteiger partial charge in [0.25, 0.3) is 5.52 Å². The van der Waals surface area contributed by atoms with Crippen molar-refractivity contribution in [3.05, 3.63) is 33.4 Å². The summed E-state index contributed by atoms with van der Waals surface area (Å²) < 4.78 is 5.78. The highest BCUT2D eigenvalue weighted by Crippen LogP contribution is 2.29. The van der Waals surface area contributed by atoms with Gasteiger partial charge in [0.2, 0.25) is 0 Å². The van der Waals surface area contributed by atoms with Crippen LogP contribution in [-0.4, -0.2) is 13.1 Å². The summed E-state index contributed by atoms with van der Waals surface area (Å²) in [5.41, 5.74) is 0.509. The highest BCUT2D eigenvalue weighted by molar-refractivity contribution is 7.18. The van der Waals surface area contributed by atoms with Crippen LogP contribution in [0.1, 0.15) is 10.4 Å². The SMILES string of the molecule is COC(=O)c1csc2c(Cl)cc[n+]([O-])c12. The normalized spacial score (nSPS) is 10.5. The summed E-state index contributed by atoms with van der Waals surface area (Å²) in [6, 6.07) is 1.49. The maximum Gasteiger partial charge on any atom is 0.345 e. The van der Waals surface area contributed by atoms with Gasteiger partial charge >= 0.3 is 5.97 Å². The molecule has 0 aliphatic heterocycles. The summed E-state index contributed by atoms with van der Waals surface area (Å²) >= 11 is 7.14. The zero-order valence-corrected chi connectivity index (χ0v) is 9.26. The van der Waals surface area contributed by atoms with Crippen molar-refractivity contribution in [1.82, 2.24) is 0 Å². The Labute approximate surface area is 94.2 Å². The van der Waals surface area contributed by atoms with Crippen LogP contribution in [0, 0.1) is 5.21 Å². The van der Waals surface area contributed by atoms with Crippen LogP contribution in [0.15, 0.2) is 17.6 Å². The molecular formula is C9H6ClNO3S. The van der Waals surface area contributed by atoms with Crippen molar-refractivity contribution in [2.24, 2.45) is 0 Å². The van der Waals surface area contributed by atoms with Gasteiger partial charge in [-0.15, -0.1) is 11.3 Å². The third-order valence-corrected chi connectivity index (χ3v) is 3.39. The van der Waals surface area contributed by atoms with Crippen LogP contribution in [0.3, 0.4) is 0 Å². The largest absolute Gasteiger partial charge is 0.618 e. The maximum atomic E-state index is 11.5. The van der Waals surface area contributed by atoms with Gasteiger partial charge in [-0.3, -0.25) is 0 Å². The highest BCUT2D eigenvalue weighted by Gasteiger charge is 2.21. The van der Waals surface area contributed by atoms with Crippen LogP contribution in [0.25, 0.3) is 10.2 Å². The fraction of sp³-hybridized carbons (Fsp3) is 0.111. The Kier molecular flexibility index (Phi) is 2.50. The molecule has 0 bridgehead atoms. The standard InChI is InChI=1S/C9H6ClNO3S/c1-14-9(12)5-4-15-8-6(10)2-3-11(13)7(5)8/h2-4H,1H3. The number of methoxy groups -OCH3 is 1. The summed E-state index contributed by atoms with van der Waals surface area (Å²) in [6.07, 6.45) is 1.27. The molecule has 0 saturated carbocycles. The fourth-order valence-electron chi connectivity index (χ4n) is 1.28.